The molecule has 0 saturated heterocycles. The highest BCUT2D eigenvalue weighted by Crippen LogP contribution is 1.91. The third-order valence-electron chi connectivity index (χ3n) is 2.16. The van der Waals surface area contributed by atoms with Gasteiger partial charge in [0.15, 0.2) is 0 Å². The quantitative estimate of drug-likeness (QED) is 0.570. The molecule has 5 nitrogen and oxygen atoms in total. The van der Waals surface area contributed by atoms with Gasteiger partial charge in [0.25, 0.3) is 0 Å². The van der Waals surface area contributed by atoms with E-state index in [1.165, 1.54) is 0 Å². The molecule has 1 atom stereocenters. The van der Waals surface area contributed by atoms with Gasteiger partial charge >= 0.3 is 6.03 Å². The summed E-state index contributed by atoms with van der Waals surface area (Å²) in [6.45, 7) is 6.84. The van der Waals surface area contributed by atoms with Crippen LogP contribution in [0.3, 0.4) is 0 Å². The maximum absolute atomic E-state index is 11.3. The van der Waals surface area contributed by atoms with Crippen LogP contribution < -0.4 is 16.0 Å². The van der Waals surface area contributed by atoms with Crippen molar-refractivity contribution in [2.45, 2.75) is 46.1 Å². The third-order valence-corrected chi connectivity index (χ3v) is 2.16. The van der Waals surface area contributed by atoms with E-state index >= 15 is 0 Å². The lowest BCUT2D eigenvalue weighted by molar-refractivity contribution is -0.122. The first-order valence-electron chi connectivity index (χ1n) is 5.93. The van der Waals surface area contributed by atoms with Gasteiger partial charge in [-0.1, -0.05) is 19.8 Å². The highest BCUT2D eigenvalue weighted by atomic mass is 16.2. The summed E-state index contributed by atoms with van der Waals surface area (Å²) in [7, 11) is 0. The average Bonchev–Trinajstić information content (AvgIpc) is 2.24. The van der Waals surface area contributed by atoms with Crippen molar-refractivity contribution in [1.29, 1.82) is 0 Å². The van der Waals surface area contributed by atoms with Gasteiger partial charge in [-0.05, 0) is 20.3 Å². The molecule has 0 aliphatic rings. The summed E-state index contributed by atoms with van der Waals surface area (Å²) < 4.78 is 0. The normalized spacial score (nSPS) is 11.7. The summed E-state index contributed by atoms with van der Waals surface area (Å²) >= 11 is 0. The Morgan fingerprint density at radius 1 is 1.12 bits per heavy atom. The van der Waals surface area contributed by atoms with Crippen molar-refractivity contribution in [2.24, 2.45) is 0 Å². The minimum absolute atomic E-state index is 0.161. The van der Waals surface area contributed by atoms with E-state index in [1.807, 2.05) is 6.92 Å². The van der Waals surface area contributed by atoms with E-state index in [4.69, 9.17) is 0 Å². The van der Waals surface area contributed by atoms with Crippen LogP contribution in [-0.2, 0) is 4.79 Å². The van der Waals surface area contributed by atoms with Gasteiger partial charge in [0.1, 0.15) is 6.04 Å². The van der Waals surface area contributed by atoms with Gasteiger partial charge < -0.3 is 16.0 Å². The number of rotatable bonds is 7. The van der Waals surface area contributed by atoms with Gasteiger partial charge in [-0.3, -0.25) is 4.79 Å². The summed E-state index contributed by atoms with van der Waals surface area (Å²) in [6.07, 6.45) is 3.20. The lowest BCUT2D eigenvalue weighted by Crippen LogP contribution is -2.48. The Labute approximate surface area is 97.4 Å². The molecule has 3 amide bonds. The average molecular weight is 229 g/mol. The number of hydrogen-bond donors (Lipinski definition) is 3. The predicted octanol–water partition coefficient (Wildman–Crippen LogP) is 1.00. The monoisotopic (exact) mass is 229 g/mol. The van der Waals surface area contributed by atoms with Crippen molar-refractivity contribution in [3.05, 3.63) is 0 Å². The lowest BCUT2D eigenvalue weighted by Gasteiger charge is -2.13. The molecule has 0 rings (SSSR count). The van der Waals surface area contributed by atoms with Crippen molar-refractivity contribution in [3.63, 3.8) is 0 Å². The van der Waals surface area contributed by atoms with E-state index in [9.17, 15) is 9.59 Å². The highest BCUT2D eigenvalue weighted by molar-refractivity contribution is 5.86. The Hall–Kier alpha value is -1.26. The number of carbonyl (C=O) groups excluding carboxylic acids is 2. The maximum Gasteiger partial charge on any atom is 0.315 e. The van der Waals surface area contributed by atoms with Crippen LogP contribution in [0.4, 0.5) is 4.79 Å². The van der Waals surface area contributed by atoms with Crippen LogP contribution >= 0.6 is 0 Å². The topological polar surface area (TPSA) is 70.2 Å². The summed E-state index contributed by atoms with van der Waals surface area (Å²) in [5.41, 5.74) is 0. The van der Waals surface area contributed by atoms with Gasteiger partial charge in [0.05, 0.1) is 0 Å². The van der Waals surface area contributed by atoms with Crippen LogP contribution in [0.25, 0.3) is 0 Å². The van der Waals surface area contributed by atoms with Gasteiger partial charge in [0, 0.05) is 13.1 Å². The van der Waals surface area contributed by atoms with Gasteiger partial charge in [-0.25, -0.2) is 4.79 Å². The first kappa shape index (κ1) is 14.7. The number of nitrogens with one attached hydrogen (secondary N) is 3. The minimum Gasteiger partial charge on any atom is -0.355 e. The number of carbonyl (C=O) groups is 2. The lowest BCUT2D eigenvalue weighted by atomic mass is 10.2. The van der Waals surface area contributed by atoms with E-state index in [2.05, 4.69) is 22.9 Å². The van der Waals surface area contributed by atoms with Crippen molar-refractivity contribution in [3.8, 4) is 0 Å². The molecular weight excluding hydrogens is 206 g/mol. The predicted molar refractivity (Wildman–Crippen MR) is 64.2 cm³/mol. The molecule has 3 N–H and O–H groups in total. The molecule has 0 aromatic rings. The molecule has 0 fully saturated rings. The first-order chi connectivity index (χ1) is 7.61. The molecular formula is C11H23N3O2. The molecule has 0 radical (unpaired) electrons. The first-order valence-corrected chi connectivity index (χ1v) is 5.93. The van der Waals surface area contributed by atoms with Crippen molar-refractivity contribution < 1.29 is 9.59 Å². The van der Waals surface area contributed by atoms with E-state index in [-0.39, 0.29) is 11.9 Å². The zero-order chi connectivity index (χ0) is 12.4. The highest BCUT2D eigenvalue weighted by Gasteiger charge is 2.13. The molecule has 0 aliphatic carbocycles. The SMILES string of the molecule is CCCCCNC(=O)N[C@@H](C)C(=O)NCC. The van der Waals surface area contributed by atoms with Crippen molar-refractivity contribution in [1.82, 2.24) is 16.0 Å². The van der Waals surface area contributed by atoms with Gasteiger partial charge in [0.2, 0.25) is 5.91 Å². The Morgan fingerprint density at radius 3 is 2.38 bits per heavy atom. The Kier molecular flexibility index (Phi) is 8.29. The second kappa shape index (κ2) is 9.00. The summed E-state index contributed by atoms with van der Waals surface area (Å²) in [6, 6.07) is -0.777. The van der Waals surface area contributed by atoms with Crippen molar-refractivity contribution >= 4 is 11.9 Å². The smallest absolute Gasteiger partial charge is 0.315 e. The fraction of sp³-hybridized carbons (Fsp3) is 0.818. The fourth-order valence-corrected chi connectivity index (χ4v) is 1.22. The van der Waals surface area contributed by atoms with Crippen LogP contribution in [0, 0.1) is 0 Å². The summed E-state index contributed by atoms with van der Waals surface area (Å²) in [5.74, 6) is -0.161. The molecule has 0 aromatic carbocycles. The Bertz CT molecular complexity index is 219. The summed E-state index contributed by atoms with van der Waals surface area (Å²) in [4.78, 5) is 22.6. The Balaban J connectivity index is 3.65. The molecule has 0 unspecified atom stereocenters. The molecule has 0 aromatic heterocycles. The Morgan fingerprint density at radius 2 is 1.81 bits per heavy atom. The number of urea groups is 1. The number of amides is 3. The molecule has 0 saturated carbocycles. The maximum atomic E-state index is 11.3. The van der Waals surface area contributed by atoms with Crippen LogP contribution in [0.1, 0.15) is 40.0 Å². The number of hydrogen-bond acceptors (Lipinski definition) is 2. The van der Waals surface area contributed by atoms with Crippen LogP contribution in [0.5, 0.6) is 0 Å². The largest absolute Gasteiger partial charge is 0.355 e. The van der Waals surface area contributed by atoms with Crippen molar-refractivity contribution in [2.75, 3.05) is 13.1 Å². The van der Waals surface area contributed by atoms with Gasteiger partial charge in [-0.2, -0.15) is 0 Å². The third kappa shape index (κ3) is 7.09. The molecule has 5 heteroatoms. The van der Waals surface area contributed by atoms with Crippen LogP contribution in [0.15, 0.2) is 0 Å². The van der Waals surface area contributed by atoms with E-state index in [1.54, 1.807) is 6.92 Å². The van der Waals surface area contributed by atoms with Gasteiger partial charge in [-0.15, -0.1) is 0 Å². The number of unbranched alkanes of at least 4 members (excludes halogenated alkanes) is 2. The standard InChI is InChI=1S/C11H23N3O2/c1-4-6-7-8-13-11(16)14-9(3)10(15)12-5-2/h9H,4-8H2,1-3H3,(H,12,15)(H2,13,14,16)/t9-/m0/s1. The molecule has 0 heterocycles. The molecule has 0 aliphatic heterocycles. The minimum atomic E-state index is -0.494. The zero-order valence-corrected chi connectivity index (χ0v) is 10.4. The van der Waals surface area contributed by atoms with E-state index in [0.29, 0.717) is 13.1 Å². The molecule has 94 valence electrons. The van der Waals surface area contributed by atoms with Crippen LogP contribution in [0.2, 0.25) is 0 Å². The number of likely N-dealkylation sites (N-methyl/N-ethyl adjacent to an activating group) is 1. The molecule has 16 heavy (non-hydrogen) atoms. The molecule has 0 bridgehead atoms. The second-order valence-corrected chi connectivity index (χ2v) is 3.72. The van der Waals surface area contributed by atoms with Crippen LogP contribution in [-0.4, -0.2) is 31.1 Å². The van der Waals surface area contributed by atoms with E-state index < -0.39 is 6.04 Å². The van der Waals surface area contributed by atoms with E-state index in [0.717, 1.165) is 19.3 Å². The summed E-state index contributed by atoms with van der Waals surface area (Å²) in [5, 5.41) is 7.94. The second-order valence-electron chi connectivity index (χ2n) is 3.72. The fourth-order valence-electron chi connectivity index (χ4n) is 1.22. The zero-order valence-electron chi connectivity index (χ0n) is 10.4. The molecule has 0 spiro atoms.